The molecule has 0 bridgehead atoms. The largest absolute Gasteiger partial charge is 0.475 e. The Morgan fingerprint density at radius 2 is 1.48 bits per heavy atom. The molecule has 0 aliphatic heterocycles. The monoisotopic (exact) mass is 358 g/mol. The quantitative estimate of drug-likeness (QED) is 0.643. The third kappa shape index (κ3) is 4.38. The molecule has 1 unspecified atom stereocenters. The Balaban J connectivity index is 3.35. The average Bonchev–Trinajstić information content (AvgIpc) is 2.52. The second kappa shape index (κ2) is 7.86. The van der Waals surface area contributed by atoms with Gasteiger partial charge >= 0.3 is 15.4 Å². The van der Waals surface area contributed by atoms with Gasteiger partial charge in [-0.15, -0.1) is 0 Å². The molecule has 7 nitrogen and oxygen atoms in total. The summed E-state index contributed by atoms with van der Waals surface area (Å²) in [6.07, 6.45) is 0. The Labute approximate surface area is 128 Å². The van der Waals surface area contributed by atoms with E-state index in [1.807, 2.05) is 0 Å². The number of halogens is 1. The fourth-order valence-electron chi connectivity index (χ4n) is 1.51. The first-order chi connectivity index (χ1) is 9.85. The molecule has 10 heteroatoms. The summed E-state index contributed by atoms with van der Waals surface area (Å²) in [5.41, 5.74) is 0.278. The Hall–Kier alpha value is -0.230. The molecule has 1 rings (SSSR count). The van der Waals surface area contributed by atoms with Crippen LogP contribution in [0.3, 0.4) is 0 Å². The van der Waals surface area contributed by atoms with E-state index in [-0.39, 0.29) is 10.6 Å². The number of rotatable bonds is 8. The summed E-state index contributed by atoms with van der Waals surface area (Å²) in [4.78, 5) is 0. The van der Waals surface area contributed by atoms with Gasteiger partial charge in [0.15, 0.2) is 5.85 Å². The Bertz CT molecular complexity index is 549. The summed E-state index contributed by atoms with van der Waals surface area (Å²) in [6.45, 7) is 0. The molecule has 0 amide bonds. The van der Waals surface area contributed by atoms with Crippen molar-refractivity contribution in [3.63, 3.8) is 0 Å². The molecule has 0 saturated heterocycles. The fourth-order valence-corrected chi connectivity index (χ4v) is 4.41. The molecule has 1 atom stereocenters. The van der Waals surface area contributed by atoms with Crippen LogP contribution in [0.2, 0.25) is 5.02 Å². The van der Waals surface area contributed by atoms with Gasteiger partial charge in [-0.25, -0.2) is 4.57 Å². The van der Waals surface area contributed by atoms with Crippen molar-refractivity contribution in [1.82, 2.24) is 0 Å². The minimum absolute atomic E-state index is 0.246. The van der Waals surface area contributed by atoms with Crippen molar-refractivity contribution in [3.8, 4) is 0 Å². The van der Waals surface area contributed by atoms with Gasteiger partial charge in [-0.3, -0.25) is 18.1 Å². The van der Waals surface area contributed by atoms with Gasteiger partial charge in [0.25, 0.3) is 0 Å². The highest BCUT2D eigenvalue weighted by atomic mass is 35.5. The number of phosphoric acid groups is 1. The molecule has 0 aliphatic rings. The number of hydrogen-bond donors (Lipinski definition) is 0. The summed E-state index contributed by atoms with van der Waals surface area (Å²) in [6, 6.07) is 6.44. The van der Waals surface area contributed by atoms with Crippen molar-refractivity contribution in [2.45, 2.75) is 5.85 Å². The lowest BCUT2D eigenvalue weighted by Crippen LogP contribution is -2.09. The molecule has 0 aromatic heterocycles. The second-order valence-electron chi connectivity index (χ2n) is 3.70. The Morgan fingerprint density at radius 1 is 0.952 bits per heavy atom. The summed E-state index contributed by atoms with van der Waals surface area (Å²) < 4.78 is 49.3. The molecule has 0 N–H and O–H groups in total. The van der Waals surface area contributed by atoms with Gasteiger partial charge in [0, 0.05) is 39.0 Å². The van der Waals surface area contributed by atoms with Gasteiger partial charge in [0.05, 0.1) is 0 Å². The van der Waals surface area contributed by atoms with Crippen molar-refractivity contribution < 1.29 is 31.7 Å². The molecule has 0 radical (unpaired) electrons. The maximum absolute atomic E-state index is 12.7. The van der Waals surface area contributed by atoms with E-state index in [2.05, 4.69) is 0 Å². The van der Waals surface area contributed by atoms with Crippen molar-refractivity contribution in [2.75, 3.05) is 28.4 Å². The predicted molar refractivity (Wildman–Crippen MR) is 78.5 cm³/mol. The number of hydrogen-bond acceptors (Lipinski definition) is 7. The minimum atomic E-state index is -3.94. The molecular weight excluding hydrogens is 342 g/mol. The van der Waals surface area contributed by atoms with Crippen LogP contribution in [0, 0.1) is 0 Å². The standard InChI is InChI=1S/C11H17ClO7P2/c1-15-20(13,16-2)11(19-21(14,17-3)18-4)9-7-5-6-8-10(9)12/h5-8,11H,1-4H3. The summed E-state index contributed by atoms with van der Waals surface area (Å²) in [7, 11) is -3.10. The molecule has 0 fully saturated rings. The highest BCUT2D eigenvalue weighted by Crippen LogP contribution is 2.67. The van der Waals surface area contributed by atoms with E-state index in [4.69, 9.17) is 34.2 Å². The van der Waals surface area contributed by atoms with Crippen LogP contribution in [0.4, 0.5) is 0 Å². The summed E-state index contributed by atoms with van der Waals surface area (Å²) in [5.74, 6) is -1.37. The fraction of sp³-hybridized carbons (Fsp3) is 0.455. The minimum Gasteiger partial charge on any atom is -0.310 e. The van der Waals surface area contributed by atoms with Crippen molar-refractivity contribution in [3.05, 3.63) is 34.9 Å². The summed E-state index contributed by atoms with van der Waals surface area (Å²) in [5, 5.41) is 0.246. The molecule has 0 aliphatic carbocycles. The van der Waals surface area contributed by atoms with Crippen LogP contribution in [-0.2, 0) is 31.7 Å². The molecule has 0 saturated carbocycles. The third-order valence-electron chi connectivity index (χ3n) is 2.64. The molecule has 1 aromatic carbocycles. The van der Waals surface area contributed by atoms with E-state index in [9.17, 15) is 9.13 Å². The topological polar surface area (TPSA) is 80.3 Å². The maximum Gasteiger partial charge on any atom is 0.475 e. The van der Waals surface area contributed by atoms with Gasteiger partial charge in [-0.05, 0) is 6.07 Å². The zero-order valence-electron chi connectivity index (χ0n) is 12.0. The van der Waals surface area contributed by atoms with Gasteiger partial charge in [0.2, 0.25) is 0 Å². The zero-order chi connectivity index (χ0) is 16.1. The normalized spacial score (nSPS) is 14.1. The first-order valence-corrected chi connectivity index (χ1v) is 9.16. The first-order valence-electron chi connectivity index (χ1n) is 5.71. The van der Waals surface area contributed by atoms with Crippen LogP contribution < -0.4 is 0 Å². The lowest BCUT2D eigenvalue weighted by atomic mass is 10.2. The lowest BCUT2D eigenvalue weighted by Gasteiger charge is -2.27. The lowest BCUT2D eigenvalue weighted by molar-refractivity contribution is 0.116. The van der Waals surface area contributed by atoms with Crippen LogP contribution in [-0.4, -0.2) is 28.4 Å². The van der Waals surface area contributed by atoms with Gasteiger partial charge < -0.3 is 9.05 Å². The summed E-state index contributed by atoms with van der Waals surface area (Å²) >= 11 is 6.07. The highest BCUT2D eigenvalue weighted by molar-refractivity contribution is 7.55. The van der Waals surface area contributed by atoms with E-state index in [0.29, 0.717) is 0 Å². The highest BCUT2D eigenvalue weighted by Gasteiger charge is 2.43. The van der Waals surface area contributed by atoms with E-state index in [1.165, 1.54) is 14.2 Å². The van der Waals surface area contributed by atoms with Crippen LogP contribution in [0.1, 0.15) is 11.4 Å². The van der Waals surface area contributed by atoms with Crippen LogP contribution in [0.25, 0.3) is 0 Å². The Morgan fingerprint density at radius 3 is 1.90 bits per heavy atom. The molecule has 0 spiro atoms. The number of phosphoric ester groups is 1. The SMILES string of the molecule is COP(=O)(OC)OC(c1ccccc1Cl)P(=O)(OC)OC. The molecule has 0 heterocycles. The molecular formula is C11H17ClO7P2. The average molecular weight is 359 g/mol. The van der Waals surface area contributed by atoms with Crippen LogP contribution in [0.5, 0.6) is 0 Å². The van der Waals surface area contributed by atoms with E-state index in [1.54, 1.807) is 24.3 Å². The van der Waals surface area contributed by atoms with Crippen molar-refractivity contribution in [1.29, 1.82) is 0 Å². The van der Waals surface area contributed by atoms with Crippen LogP contribution >= 0.6 is 27.0 Å². The van der Waals surface area contributed by atoms with Crippen LogP contribution in [0.15, 0.2) is 24.3 Å². The van der Waals surface area contributed by atoms with Gasteiger partial charge in [-0.1, -0.05) is 29.8 Å². The smallest absolute Gasteiger partial charge is 0.310 e. The van der Waals surface area contributed by atoms with E-state index < -0.39 is 21.3 Å². The van der Waals surface area contributed by atoms with E-state index in [0.717, 1.165) is 14.2 Å². The first kappa shape index (κ1) is 18.8. The van der Waals surface area contributed by atoms with Crippen molar-refractivity contribution in [2.24, 2.45) is 0 Å². The van der Waals surface area contributed by atoms with Gasteiger partial charge in [0.1, 0.15) is 0 Å². The zero-order valence-corrected chi connectivity index (χ0v) is 14.6. The molecule has 120 valence electrons. The third-order valence-corrected chi connectivity index (χ3v) is 6.49. The second-order valence-corrected chi connectivity index (χ2v) is 8.22. The Kier molecular flexibility index (Phi) is 7.04. The van der Waals surface area contributed by atoms with Gasteiger partial charge in [-0.2, -0.15) is 0 Å². The predicted octanol–water partition coefficient (Wildman–Crippen LogP) is 4.24. The van der Waals surface area contributed by atoms with Crippen molar-refractivity contribution >= 4 is 27.0 Å². The molecule has 1 aromatic rings. The maximum atomic E-state index is 12.7. The number of benzene rings is 1. The molecule has 21 heavy (non-hydrogen) atoms. The van der Waals surface area contributed by atoms with E-state index >= 15 is 0 Å².